The van der Waals surface area contributed by atoms with Crippen molar-refractivity contribution in [3.8, 4) is 0 Å². The Morgan fingerprint density at radius 1 is 1.30 bits per heavy atom. The van der Waals surface area contributed by atoms with E-state index < -0.39 is 4.92 Å². The van der Waals surface area contributed by atoms with Crippen LogP contribution in [0.2, 0.25) is 5.02 Å². The number of nitrogens with zero attached hydrogens (tertiary/aromatic N) is 3. The van der Waals surface area contributed by atoms with Crippen LogP contribution in [0.5, 0.6) is 0 Å². The van der Waals surface area contributed by atoms with Gasteiger partial charge in [-0.05, 0) is 6.07 Å². The van der Waals surface area contributed by atoms with Crippen molar-refractivity contribution < 1.29 is 22.4 Å². The maximum atomic E-state index is 10.7. The molecular formula is C12H16Cl2N3O3-. The molecule has 1 fully saturated rings. The SMILES string of the molecule is O=[N+]([O-])c1ccc(N2CCN(CCO)CC2)c(Cl)c1.[Cl-]. The van der Waals surface area contributed by atoms with E-state index in [1.165, 1.54) is 12.1 Å². The van der Waals surface area contributed by atoms with Crippen LogP contribution in [-0.4, -0.2) is 54.3 Å². The largest absolute Gasteiger partial charge is 1.00 e. The van der Waals surface area contributed by atoms with Gasteiger partial charge in [0, 0.05) is 44.9 Å². The molecule has 6 nitrogen and oxygen atoms in total. The summed E-state index contributed by atoms with van der Waals surface area (Å²) in [5, 5.41) is 20.0. The molecule has 1 saturated heterocycles. The molecule has 0 amide bonds. The highest BCUT2D eigenvalue weighted by Gasteiger charge is 2.19. The number of rotatable bonds is 4. The molecule has 1 heterocycles. The monoisotopic (exact) mass is 320 g/mol. The summed E-state index contributed by atoms with van der Waals surface area (Å²) in [4.78, 5) is 14.5. The number of non-ortho nitro benzene ring substituents is 1. The molecule has 0 aliphatic carbocycles. The van der Waals surface area contributed by atoms with Crippen LogP contribution in [0.25, 0.3) is 0 Å². The molecule has 0 bridgehead atoms. The zero-order chi connectivity index (χ0) is 13.8. The summed E-state index contributed by atoms with van der Waals surface area (Å²) in [6.45, 7) is 4.16. The van der Waals surface area contributed by atoms with Crippen LogP contribution in [0.3, 0.4) is 0 Å². The van der Waals surface area contributed by atoms with E-state index in [4.69, 9.17) is 16.7 Å². The Labute approximate surface area is 128 Å². The molecule has 0 spiro atoms. The molecule has 1 aromatic carbocycles. The van der Waals surface area contributed by atoms with E-state index in [1.54, 1.807) is 6.07 Å². The maximum absolute atomic E-state index is 10.7. The number of piperazine rings is 1. The highest BCUT2D eigenvalue weighted by molar-refractivity contribution is 6.33. The number of halogens is 2. The summed E-state index contributed by atoms with van der Waals surface area (Å²) in [5.74, 6) is 0. The average molecular weight is 321 g/mol. The second-order valence-electron chi connectivity index (χ2n) is 4.45. The van der Waals surface area contributed by atoms with Crippen molar-refractivity contribution in [2.24, 2.45) is 0 Å². The fourth-order valence-electron chi connectivity index (χ4n) is 2.22. The number of hydrogen-bond donors (Lipinski definition) is 1. The fraction of sp³-hybridized carbons (Fsp3) is 0.500. The first-order valence-electron chi connectivity index (χ1n) is 6.14. The molecule has 8 heteroatoms. The Kier molecular flexibility index (Phi) is 6.48. The van der Waals surface area contributed by atoms with Gasteiger partial charge in [-0.1, -0.05) is 11.6 Å². The van der Waals surface area contributed by atoms with Crippen LogP contribution in [0.15, 0.2) is 18.2 Å². The molecule has 0 unspecified atom stereocenters. The highest BCUT2D eigenvalue weighted by atomic mass is 35.5. The minimum atomic E-state index is -0.450. The van der Waals surface area contributed by atoms with Gasteiger partial charge in [0.15, 0.2) is 0 Å². The number of benzene rings is 1. The van der Waals surface area contributed by atoms with Crippen LogP contribution in [-0.2, 0) is 0 Å². The first-order chi connectivity index (χ1) is 9.11. The van der Waals surface area contributed by atoms with Crippen LogP contribution < -0.4 is 17.3 Å². The molecule has 1 N–H and O–H groups in total. The van der Waals surface area contributed by atoms with E-state index in [9.17, 15) is 10.1 Å². The van der Waals surface area contributed by atoms with Crippen molar-refractivity contribution in [1.82, 2.24) is 4.90 Å². The smallest absolute Gasteiger partial charge is 0.271 e. The van der Waals surface area contributed by atoms with E-state index >= 15 is 0 Å². The minimum Gasteiger partial charge on any atom is -1.00 e. The van der Waals surface area contributed by atoms with Gasteiger partial charge in [0.25, 0.3) is 5.69 Å². The van der Waals surface area contributed by atoms with Gasteiger partial charge in [0.1, 0.15) is 0 Å². The van der Waals surface area contributed by atoms with Gasteiger partial charge in [-0.25, -0.2) is 0 Å². The van der Waals surface area contributed by atoms with Crippen molar-refractivity contribution in [3.05, 3.63) is 33.3 Å². The molecule has 2 rings (SSSR count). The van der Waals surface area contributed by atoms with Crippen LogP contribution >= 0.6 is 11.6 Å². The topological polar surface area (TPSA) is 69.9 Å². The Morgan fingerprint density at radius 2 is 1.95 bits per heavy atom. The highest BCUT2D eigenvalue weighted by Crippen LogP contribution is 2.30. The molecule has 1 aromatic rings. The number of aliphatic hydroxyl groups is 1. The molecular weight excluding hydrogens is 305 g/mol. The molecule has 0 saturated carbocycles. The predicted octanol–water partition coefficient (Wildman–Crippen LogP) is -1.63. The lowest BCUT2D eigenvalue weighted by Crippen LogP contribution is -3.00. The van der Waals surface area contributed by atoms with Gasteiger partial charge in [0.05, 0.1) is 22.2 Å². The molecule has 20 heavy (non-hydrogen) atoms. The molecule has 0 aromatic heterocycles. The van der Waals surface area contributed by atoms with Crippen molar-refractivity contribution in [2.45, 2.75) is 0 Å². The Hall–Kier alpha value is -1.08. The third-order valence-electron chi connectivity index (χ3n) is 3.27. The first-order valence-corrected chi connectivity index (χ1v) is 6.51. The van der Waals surface area contributed by atoms with Crippen LogP contribution in [0.1, 0.15) is 0 Å². The third-order valence-corrected chi connectivity index (χ3v) is 3.57. The van der Waals surface area contributed by atoms with Crippen molar-refractivity contribution in [3.63, 3.8) is 0 Å². The summed E-state index contributed by atoms with van der Waals surface area (Å²) >= 11 is 6.10. The number of nitro benzene ring substituents is 1. The quantitative estimate of drug-likeness (QED) is 0.532. The summed E-state index contributed by atoms with van der Waals surface area (Å²) in [7, 11) is 0. The fourth-order valence-corrected chi connectivity index (χ4v) is 2.51. The van der Waals surface area contributed by atoms with E-state index in [0.29, 0.717) is 11.6 Å². The van der Waals surface area contributed by atoms with Crippen LogP contribution in [0.4, 0.5) is 11.4 Å². The standard InChI is InChI=1S/C12H16ClN3O3.ClH/c13-11-9-10(16(18)19)1-2-12(11)15-5-3-14(4-6-15)7-8-17;/h1-2,9,17H,3-8H2;1H/p-1. The number of anilines is 1. The van der Waals surface area contributed by atoms with E-state index in [-0.39, 0.29) is 24.7 Å². The molecule has 112 valence electrons. The Balaban J connectivity index is 0.00000200. The van der Waals surface area contributed by atoms with Crippen LogP contribution in [0, 0.1) is 10.1 Å². The number of hydrogen-bond acceptors (Lipinski definition) is 5. The maximum Gasteiger partial charge on any atom is 0.271 e. The molecule has 1 aliphatic rings. The lowest BCUT2D eigenvalue weighted by Gasteiger charge is -2.36. The second-order valence-corrected chi connectivity index (χ2v) is 4.85. The normalized spacial score (nSPS) is 15.8. The van der Waals surface area contributed by atoms with Crippen molar-refractivity contribution >= 4 is 23.0 Å². The summed E-state index contributed by atoms with van der Waals surface area (Å²) in [5.41, 5.74) is 0.837. The predicted molar refractivity (Wildman–Crippen MR) is 73.8 cm³/mol. The van der Waals surface area contributed by atoms with E-state index in [1.807, 2.05) is 0 Å². The lowest BCUT2D eigenvalue weighted by molar-refractivity contribution is -0.384. The van der Waals surface area contributed by atoms with Gasteiger partial charge >= 0.3 is 0 Å². The van der Waals surface area contributed by atoms with Gasteiger partial charge in [-0.2, -0.15) is 0 Å². The third kappa shape index (κ3) is 3.96. The number of aliphatic hydroxyl groups excluding tert-OH is 1. The number of β-amino-alcohol motifs (C(OH)–C–C–N with tert-alkyl or cyclic N) is 1. The molecule has 0 radical (unpaired) electrons. The number of nitro groups is 1. The first kappa shape index (κ1) is 17.0. The van der Waals surface area contributed by atoms with Gasteiger partial charge < -0.3 is 22.4 Å². The van der Waals surface area contributed by atoms with Crippen molar-refractivity contribution in [1.29, 1.82) is 0 Å². The molecule has 0 atom stereocenters. The second kappa shape index (κ2) is 7.64. The Bertz CT molecular complexity index is 465. The zero-order valence-electron chi connectivity index (χ0n) is 10.8. The van der Waals surface area contributed by atoms with Gasteiger partial charge in [0.2, 0.25) is 0 Å². The molecule has 1 aliphatic heterocycles. The Morgan fingerprint density at radius 3 is 2.45 bits per heavy atom. The van der Waals surface area contributed by atoms with Gasteiger partial charge in [-0.15, -0.1) is 0 Å². The van der Waals surface area contributed by atoms with E-state index in [0.717, 1.165) is 31.9 Å². The lowest BCUT2D eigenvalue weighted by atomic mass is 10.2. The van der Waals surface area contributed by atoms with Gasteiger partial charge in [-0.3, -0.25) is 15.0 Å². The summed E-state index contributed by atoms with van der Waals surface area (Å²) in [6.07, 6.45) is 0. The minimum absolute atomic E-state index is 0. The summed E-state index contributed by atoms with van der Waals surface area (Å²) in [6, 6.07) is 4.56. The zero-order valence-corrected chi connectivity index (χ0v) is 12.3. The van der Waals surface area contributed by atoms with Crippen molar-refractivity contribution in [2.75, 3.05) is 44.2 Å². The summed E-state index contributed by atoms with van der Waals surface area (Å²) < 4.78 is 0. The average Bonchev–Trinajstić information content (AvgIpc) is 2.40. The van der Waals surface area contributed by atoms with E-state index in [2.05, 4.69) is 9.80 Å².